The van der Waals surface area contributed by atoms with Gasteiger partial charge in [0.15, 0.2) is 17.9 Å². The highest BCUT2D eigenvalue weighted by Crippen LogP contribution is 2.38. The van der Waals surface area contributed by atoms with E-state index in [1.807, 2.05) is 44.2 Å². The second kappa shape index (κ2) is 12.3. The molecule has 7 nitrogen and oxygen atoms in total. The van der Waals surface area contributed by atoms with Gasteiger partial charge in [0, 0.05) is 28.6 Å². The van der Waals surface area contributed by atoms with Crippen LogP contribution >= 0.6 is 23.4 Å². The molecule has 0 aromatic heterocycles. The van der Waals surface area contributed by atoms with E-state index in [1.165, 1.54) is 4.90 Å². The van der Waals surface area contributed by atoms with Crippen LogP contribution in [0.25, 0.3) is 0 Å². The first-order chi connectivity index (χ1) is 17.4. The molecule has 2 aromatic rings. The number of carbonyl (C=O) groups is 3. The highest BCUT2D eigenvalue weighted by molar-refractivity contribution is 7.98. The van der Waals surface area contributed by atoms with Gasteiger partial charge in [-0.15, -0.1) is 0 Å². The van der Waals surface area contributed by atoms with Crippen LogP contribution in [0.3, 0.4) is 0 Å². The molecule has 9 heteroatoms. The Morgan fingerprint density at radius 3 is 2.46 bits per heavy atom. The SMILES string of the molecule is CC(C)C1Oc2ccc(Cl)cc2C(C(=O)C(N)C(=O)OC(C)(C)C)N(CCSCc2ccccc2)C1=O. The summed E-state index contributed by atoms with van der Waals surface area (Å²) in [5, 5.41) is 0.375. The zero-order valence-electron chi connectivity index (χ0n) is 21.9. The standard InChI is InChI=1S/C28H35ClN2O5S/c1-17(2)25-26(33)31(13-14-37-16-18-9-7-6-8-10-18)23(20-15-19(29)11-12-21(20)35-25)24(32)22(30)27(34)36-28(3,4)5/h6-12,15,17,22-23,25H,13-14,16,30H2,1-5H3. The van der Waals surface area contributed by atoms with Gasteiger partial charge in [-0.25, -0.2) is 4.79 Å². The van der Waals surface area contributed by atoms with Crippen LogP contribution in [-0.2, 0) is 24.9 Å². The molecule has 200 valence electrons. The number of amides is 1. The van der Waals surface area contributed by atoms with Crippen molar-refractivity contribution in [3.63, 3.8) is 0 Å². The highest BCUT2D eigenvalue weighted by Gasteiger charge is 2.44. The average Bonchev–Trinajstić information content (AvgIpc) is 2.94. The number of nitrogens with two attached hydrogens (primary N) is 1. The van der Waals surface area contributed by atoms with Crippen molar-refractivity contribution in [3.05, 3.63) is 64.7 Å². The average molecular weight is 547 g/mol. The maximum Gasteiger partial charge on any atom is 0.331 e. The third kappa shape index (κ3) is 7.49. The number of ether oxygens (including phenoxy) is 2. The molecule has 1 amide bonds. The number of hydrogen-bond donors (Lipinski definition) is 1. The van der Waals surface area contributed by atoms with Gasteiger partial charge in [0.2, 0.25) is 0 Å². The molecule has 1 aliphatic heterocycles. The number of Topliss-reactive ketones (excluding diaryl/α,β-unsaturated/α-hetero) is 1. The van der Waals surface area contributed by atoms with E-state index in [1.54, 1.807) is 50.7 Å². The maximum atomic E-state index is 13.8. The van der Waals surface area contributed by atoms with Crippen LogP contribution in [-0.4, -0.2) is 52.6 Å². The van der Waals surface area contributed by atoms with Crippen molar-refractivity contribution < 1.29 is 23.9 Å². The van der Waals surface area contributed by atoms with Crippen molar-refractivity contribution in [2.24, 2.45) is 11.7 Å². The number of benzene rings is 2. The third-order valence-electron chi connectivity index (χ3n) is 5.79. The molecule has 0 saturated heterocycles. The molecule has 3 unspecified atom stereocenters. The van der Waals surface area contributed by atoms with Gasteiger partial charge >= 0.3 is 5.97 Å². The minimum Gasteiger partial charge on any atom is -0.480 e. The van der Waals surface area contributed by atoms with Gasteiger partial charge in [0.05, 0.1) is 0 Å². The molecule has 1 aliphatic rings. The van der Waals surface area contributed by atoms with Crippen LogP contribution in [0.15, 0.2) is 48.5 Å². The van der Waals surface area contributed by atoms with Crippen molar-refractivity contribution in [1.29, 1.82) is 0 Å². The second-order valence-corrected chi connectivity index (χ2v) is 11.9. The third-order valence-corrected chi connectivity index (χ3v) is 7.03. The first-order valence-electron chi connectivity index (χ1n) is 12.3. The zero-order valence-corrected chi connectivity index (χ0v) is 23.5. The van der Waals surface area contributed by atoms with Crippen LogP contribution in [0.4, 0.5) is 0 Å². The molecule has 37 heavy (non-hydrogen) atoms. The fourth-order valence-corrected chi connectivity index (χ4v) is 5.11. The summed E-state index contributed by atoms with van der Waals surface area (Å²) in [6.07, 6.45) is -0.811. The molecule has 2 aromatic carbocycles. The summed E-state index contributed by atoms with van der Waals surface area (Å²) in [6.45, 7) is 9.12. The number of carbonyl (C=O) groups excluding carboxylic acids is 3. The first kappa shape index (κ1) is 29.0. The van der Waals surface area contributed by atoms with E-state index in [4.69, 9.17) is 26.8 Å². The summed E-state index contributed by atoms with van der Waals surface area (Å²) in [6, 6.07) is 12.1. The molecule has 0 radical (unpaired) electrons. The lowest BCUT2D eigenvalue weighted by Gasteiger charge is -2.32. The highest BCUT2D eigenvalue weighted by atomic mass is 35.5. The summed E-state index contributed by atoms with van der Waals surface area (Å²) in [7, 11) is 0. The van der Waals surface area contributed by atoms with Crippen molar-refractivity contribution in [3.8, 4) is 5.75 Å². The number of fused-ring (bicyclic) bond motifs is 1. The summed E-state index contributed by atoms with van der Waals surface area (Å²) < 4.78 is 11.5. The monoisotopic (exact) mass is 546 g/mol. The Hall–Kier alpha value is -2.55. The van der Waals surface area contributed by atoms with Gasteiger partial charge in [0.1, 0.15) is 17.4 Å². The number of halogens is 1. The second-order valence-electron chi connectivity index (χ2n) is 10.4. The summed E-state index contributed by atoms with van der Waals surface area (Å²) in [5.41, 5.74) is 6.88. The number of hydrogen-bond acceptors (Lipinski definition) is 7. The number of esters is 1. The summed E-state index contributed by atoms with van der Waals surface area (Å²) in [4.78, 5) is 41.8. The molecule has 0 spiro atoms. The van der Waals surface area contributed by atoms with E-state index in [0.717, 1.165) is 11.3 Å². The Morgan fingerprint density at radius 2 is 1.84 bits per heavy atom. The molecule has 0 saturated carbocycles. The van der Waals surface area contributed by atoms with E-state index < -0.39 is 35.5 Å². The molecule has 1 heterocycles. The van der Waals surface area contributed by atoms with Gasteiger partial charge in [-0.05, 0) is 50.5 Å². The topological polar surface area (TPSA) is 98.9 Å². The lowest BCUT2D eigenvalue weighted by atomic mass is 9.95. The minimum atomic E-state index is -1.58. The summed E-state index contributed by atoms with van der Waals surface area (Å²) >= 11 is 7.95. The largest absolute Gasteiger partial charge is 0.480 e. The van der Waals surface area contributed by atoms with E-state index in [0.29, 0.717) is 22.1 Å². The van der Waals surface area contributed by atoms with Gasteiger partial charge in [0.25, 0.3) is 5.91 Å². The molecule has 0 fully saturated rings. The van der Waals surface area contributed by atoms with Crippen molar-refractivity contribution >= 4 is 41.0 Å². The fourth-order valence-electron chi connectivity index (χ4n) is 4.03. The van der Waals surface area contributed by atoms with Crippen molar-refractivity contribution in [1.82, 2.24) is 4.90 Å². The quantitative estimate of drug-likeness (QED) is 0.274. The van der Waals surface area contributed by atoms with Crippen LogP contribution in [0.1, 0.15) is 51.8 Å². The molecular weight excluding hydrogens is 512 g/mol. The predicted octanol–water partition coefficient (Wildman–Crippen LogP) is 4.80. The Kier molecular flexibility index (Phi) is 9.67. The fraction of sp³-hybridized carbons (Fsp3) is 0.464. The Morgan fingerprint density at radius 1 is 1.16 bits per heavy atom. The van der Waals surface area contributed by atoms with Crippen molar-refractivity contribution in [2.75, 3.05) is 12.3 Å². The zero-order chi connectivity index (χ0) is 27.3. The normalized spacial score (nSPS) is 18.6. The molecular formula is C28H35ClN2O5S. The number of rotatable bonds is 9. The van der Waals surface area contributed by atoms with Crippen molar-refractivity contribution in [2.45, 2.75) is 64.2 Å². The Balaban J connectivity index is 1.96. The Bertz CT molecular complexity index is 1120. The Labute approximate surface area is 228 Å². The smallest absolute Gasteiger partial charge is 0.331 e. The van der Waals surface area contributed by atoms with E-state index >= 15 is 0 Å². The van der Waals surface area contributed by atoms with Crippen LogP contribution < -0.4 is 10.5 Å². The summed E-state index contributed by atoms with van der Waals surface area (Å²) in [5.74, 6) is -0.310. The molecule has 0 aliphatic carbocycles. The van der Waals surface area contributed by atoms with E-state index in [-0.39, 0.29) is 18.4 Å². The van der Waals surface area contributed by atoms with Crippen LogP contribution in [0, 0.1) is 5.92 Å². The van der Waals surface area contributed by atoms with E-state index in [2.05, 4.69) is 0 Å². The predicted molar refractivity (Wildman–Crippen MR) is 147 cm³/mol. The number of thioether (sulfide) groups is 1. The number of ketones is 1. The molecule has 3 atom stereocenters. The lowest BCUT2D eigenvalue weighted by molar-refractivity contribution is -0.160. The van der Waals surface area contributed by atoms with Gasteiger partial charge in [-0.3, -0.25) is 9.59 Å². The molecule has 0 bridgehead atoms. The molecule has 2 N–H and O–H groups in total. The number of nitrogens with zero attached hydrogens (tertiary/aromatic N) is 1. The first-order valence-corrected chi connectivity index (χ1v) is 13.8. The van der Waals surface area contributed by atoms with Gasteiger partial charge in [-0.2, -0.15) is 11.8 Å². The van der Waals surface area contributed by atoms with Crippen LogP contribution in [0.5, 0.6) is 5.75 Å². The molecule has 3 rings (SSSR count). The minimum absolute atomic E-state index is 0.163. The maximum absolute atomic E-state index is 13.8. The lowest BCUT2D eigenvalue weighted by Crippen LogP contribution is -2.52. The van der Waals surface area contributed by atoms with E-state index in [9.17, 15) is 14.4 Å². The van der Waals surface area contributed by atoms with Gasteiger partial charge < -0.3 is 20.1 Å². The van der Waals surface area contributed by atoms with Gasteiger partial charge in [-0.1, -0.05) is 55.8 Å². The van der Waals surface area contributed by atoms with Crippen LogP contribution in [0.2, 0.25) is 5.02 Å².